The van der Waals surface area contributed by atoms with Crippen LogP contribution in [0.5, 0.6) is 11.5 Å². The molecule has 2 atom stereocenters. The molecule has 0 fully saturated rings. The molecular weight excluding hydrogens is 1770 g/mol. The lowest BCUT2D eigenvalue weighted by Gasteiger charge is -2.34. The van der Waals surface area contributed by atoms with Crippen LogP contribution < -0.4 is 9.47 Å². The van der Waals surface area contributed by atoms with Crippen molar-refractivity contribution in [1.82, 2.24) is 0 Å². The van der Waals surface area contributed by atoms with Crippen molar-refractivity contribution in [3.63, 3.8) is 0 Å². The fourth-order valence-corrected chi connectivity index (χ4v) is 28.4. The number of allylic oxidation sites excluding steroid dienone is 6. The van der Waals surface area contributed by atoms with E-state index in [4.69, 9.17) is 9.47 Å². The van der Waals surface area contributed by atoms with E-state index in [0.29, 0.717) is 34.5 Å². The van der Waals surface area contributed by atoms with Gasteiger partial charge in [-0.2, -0.15) is 21.0 Å². The maximum absolute atomic E-state index is 15.4. The summed E-state index contributed by atoms with van der Waals surface area (Å²) < 4.78 is 78.2. The minimum absolute atomic E-state index is 0.00822. The van der Waals surface area contributed by atoms with Gasteiger partial charge >= 0.3 is 0 Å². The van der Waals surface area contributed by atoms with Gasteiger partial charge in [-0.1, -0.05) is 274 Å². The fourth-order valence-electron chi connectivity index (χ4n) is 20.3. The summed E-state index contributed by atoms with van der Waals surface area (Å²) in [6, 6.07) is 58.3. The first-order valence-corrected chi connectivity index (χ1v) is 53.2. The van der Waals surface area contributed by atoms with Crippen LogP contribution in [0.4, 0.5) is 17.6 Å². The van der Waals surface area contributed by atoms with Gasteiger partial charge in [-0.15, -0.1) is 68.0 Å². The molecule has 6 heterocycles. The minimum Gasteiger partial charge on any atom is -0.492 e. The van der Waals surface area contributed by atoms with Crippen molar-refractivity contribution in [3.05, 3.63) is 290 Å². The van der Waals surface area contributed by atoms with Gasteiger partial charge in [0.2, 0.25) is 0 Å². The number of aryl methyl sites for hydroxylation is 4. The largest absolute Gasteiger partial charge is 0.492 e. The molecule has 6 aromatic carbocycles. The Kier molecular flexibility index (Phi) is 30.8. The zero-order chi connectivity index (χ0) is 93.2. The molecule has 0 spiro atoms. The number of benzene rings is 6. The van der Waals surface area contributed by atoms with E-state index in [-0.39, 0.29) is 67.5 Å². The van der Waals surface area contributed by atoms with Crippen molar-refractivity contribution in [2.24, 2.45) is 11.8 Å². The van der Waals surface area contributed by atoms with Crippen LogP contribution in [0.1, 0.15) is 324 Å². The number of thiophene rings is 6. The summed E-state index contributed by atoms with van der Waals surface area (Å²) in [6.45, 7) is 18.7. The predicted octanol–water partition coefficient (Wildman–Crippen LogP) is 34.1. The molecule has 12 aromatic rings. The molecule has 0 saturated heterocycles. The summed E-state index contributed by atoms with van der Waals surface area (Å²) in [4.78, 5) is 39.0. The summed E-state index contributed by atoms with van der Waals surface area (Å²) in [5.41, 5.74) is 11.3. The first-order chi connectivity index (χ1) is 64.9. The number of halogens is 4. The van der Waals surface area contributed by atoms with Gasteiger partial charge in [-0.05, 0) is 203 Å². The average molecular weight is 1880 g/mol. The molecule has 4 aliphatic carbocycles. The molecule has 16 rings (SSSR count). The monoisotopic (exact) mass is 1880 g/mol. The molecule has 8 nitrogen and oxygen atoms in total. The highest BCUT2D eigenvalue weighted by Crippen LogP contribution is 2.72. The standard InChI is InChI=1S/C115H114F4N4O4S6/c1-9-17-23-28-34-72-38-46-78(47-39-72)114(79-48-40-73(41-49-79)35-29-24-18-10-2)90-62-98(108-96(126-68-70(15-7)32-22-14-6)56-82(128-108)54-88-100(76(64-120)65-121)84-58-92(116)94(118)60-86(84)104(88)124)130-106(90)110-102(114)112-113(132-110)103-111(133-112)107-91(115(103,80-50-42-74(43-51-80)36-30-25-19-11-3)81-52-44-75(45-53-81)37-31-26-20-12-4)63-99(131-107)109-97(127-69-71(16-8)33-27-21-13-5)57-83(129-109)55-89-101(77(66-122)67-123)85-59-93(117)95(119)61-87(85)105(89)125/h38-63,70-71H,9-37,68-69H2,1-8H3/b88-54-,89-55-. The molecule has 18 heteroatoms. The van der Waals surface area contributed by atoms with Crippen LogP contribution in [0.3, 0.4) is 0 Å². The summed E-state index contributed by atoms with van der Waals surface area (Å²) >= 11 is 10.2. The van der Waals surface area contributed by atoms with Gasteiger partial charge in [-0.3, -0.25) is 9.59 Å². The summed E-state index contributed by atoms with van der Waals surface area (Å²) in [5, 5.41) is 42.1. The smallest absolute Gasteiger partial charge is 0.194 e. The Labute approximate surface area is 805 Å². The van der Waals surface area contributed by atoms with E-state index in [1.54, 1.807) is 34.8 Å². The number of nitriles is 4. The topological polar surface area (TPSA) is 148 Å². The van der Waals surface area contributed by atoms with Gasteiger partial charge in [0.1, 0.15) is 46.9 Å². The second-order valence-electron chi connectivity index (χ2n) is 36.3. The molecular formula is C115H114F4N4O4S6. The lowest BCUT2D eigenvalue weighted by atomic mass is 9.67. The highest BCUT2D eigenvalue weighted by Gasteiger charge is 2.56. The minimum atomic E-state index is -1.21. The fraction of sp³-hybridized carbons (Fsp3) is 0.374. The third-order valence-corrected chi connectivity index (χ3v) is 35.3. The Balaban J connectivity index is 0.976. The number of carbonyl (C=O) groups is 2. The van der Waals surface area contributed by atoms with Crippen LogP contribution in [-0.4, -0.2) is 24.8 Å². The molecule has 0 saturated carbocycles. The predicted molar refractivity (Wildman–Crippen MR) is 544 cm³/mol. The van der Waals surface area contributed by atoms with Gasteiger partial charge in [0.05, 0.1) is 62.7 Å². The molecule has 0 N–H and O–H groups in total. The maximum Gasteiger partial charge on any atom is 0.194 e. The molecule has 133 heavy (non-hydrogen) atoms. The zero-order valence-electron chi connectivity index (χ0n) is 77.5. The van der Waals surface area contributed by atoms with Crippen molar-refractivity contribution in [3.8, 4) is 74.8 Å². The summed E-state index contributed by atoms with van der Waals surface area (Å²) in [6.07, 6.45) is 34.2. The molecule has 682 valence electrons. The van der Waals surface area contributed by atoms with E-state index in [9.17, 15) is 30.6 Å². The number of rotatable bonds is 43. The third-order valence-electron chi connectivity index (χ3n) is 27.6. The van der Waals surface area contributed by atoms with E-state index in [2.05, 4.69) is 165 Å². The number of Topliss-reactive ketones (excluding diaryl/α,β-unsaturated/α-hetero) is 2. The van der Waals surface area contributed by atoms with Crippen molar-refractivity contribution < 1.29 is 36.6 Å². The maximum atomic E-state index is 15.4. The highest BCUT2D eigenvalue weighted by atomic mass is 32.1. The van der Waals surface area contributed by atoms with Crippen LogP contribution in [0.2, 0.25) is 0 Å². The van der Waals surface area contributed by atoms with Crippen molar-refractivity contribution in [2.75, 3.05) is 13.2 Å². The van der Waals surface area contributed by atoms with E-state index >= 15 is 17.6 Å². The zero-order valence-corrected chi connectivity index (χ0v) is 82.4. The molecule has 0 radical (unpaired) electrons. The quantitative estimate of drug-likeness (QED) is 0.0159. The molecule has 0 amide bonds. The first kappa shape index (κ1) is 95.5. The summed E-state index contributed by atoms with van der Waals surface area (Å²) in [7, 11) is 0. The number of carbonyl (C=O) groups excluding carboxylic acids is 2. The Morgan fingerprint density at radius 1 is 0.353 bits per heavy atom. The molecule has 0 bridgehead atoms. The van der Waals surface area contributed by atoms with Gasteiger partial charge in [0, 0.05) is 64.1 Å². The number of ether oxygens (including phenoxy) is 2. The van der Waals surface area contributed by atoms with Gasteiger partial charge in [-0.25, -0.2) is 17.6 Å². The Bertz CT molecular complexity index is 6340. The second kappa shape index (κ2) is 42.9. The third kappa shape index (κ3) is 18.7. The molecule has 4 aliphatic rings. The number of fused-ring (bicyclic) bond motifs is 11. The number of hydrogen-bond acceptors (Lipinski definition) is 14. The van der Waals surface area contributed by atoms with Crippen molar-refractivity contribution >= 4 is 112 Å². The van der Waals surface area contributed by atoms with Crippen LogP contribution in [0.25, 0.3) is 71.7 Å². The van der Waals surface area contributed by atoms with Crippen molar-refractivity contribution in [1.29, 1.82) is 21.0 Å². The Morgan fingerprint density at radius 3 is 0.970 bits per heavy atom. The number of hydrogen-bond donors (Lipinski definition) is 0. The summed E-state index contributed by atoms with van der Waals surface area (Å²) in [5.74, 6) is -4.35. The van der Waals surface area contributed by atoms with Crippen molar-refractivity contribution in [2.45, 2.75) is 252 Å². The van der Waals surface area contributed by atoms with Crippen LogP contribution >= 0.6 is 68.0 Å². The Morgan fingerprint density at radius 2 is 0.662 bits per heavy atom. The van der Waals surface area contributed by atoms with Gasteiger partial charge in [0.25, 0.3) is 0 Å². The number of nitrogens with zero attached hydrogens (tertiary/aromatic N) is 4. The number of unbranched alkanes of at least 4 members (excludes halogenated alkanes) is 15. The first-order valence-electron chi connectivity index (χ1n) is 48.3. The van der Waals surface area contributed by atoms with Crippen LogP contribution in [0, 0.1) is 80.4 Å². The highest BCUT2D eigenvalue weighted by molar-refractivity contribution is 7.35. The number of ketones is 2. The van der Waals surface area contributed by atoms with E-state index < -0.39 is 45.7 Å². The van der Waals surface area contributed by atoms with Gasteiger partial charge < -0.3 is 9.47 Å². The average Bonchev–Trinajstić information content (AvgIpc) is 1.48. The molecule has 6 aromatic heterocycles. The van der Waals surface area contributed by atoms with E-state index in [0.717, 1.165) is 247 Å². The lowest BCUT2D eigenvalue weighted by Crippen LogP contribution is -2.29. The SMILES string of the molecule is CCCCCCc1ccc(C2(c3ccc(CCCCCC)cc3)c3cc(-c4sc(/C=C5\C(=O)c6cc(F)c(F)cc6C5=C(C#N)C#N)cc4OCC(CC)CCCC)sc3-c3sc4c5c(sc4c32)-c2sc(-c3sc(/C=C4\C(=O)c6cc(F)c(F)cc6C4=C(C#N)C#N)cc3OCC(CC)CCCCC)cc2C5(c2ccc(CCCCCC)cc2)c2ccc(CCCCCC)cc2)cc1. The molecule has 2 unspecified atom stereocenters. The van der Waals surface area contributed by atoms with Crippen LogP contribution in [-0.2, 0) is 36.5 Å². The second-order valence-corrected chi connectivity index (χ2v) is 42.7. The van der Waals surface area contributed by atoms with Crippen LogP contribution in [0.15, 0.2) is 168 Å². The van der Waals surface area contributed by atoms with Gasteiger partial charge in [0.15, 0.2) is 34.8 Å². The molecule has 0 aliphatic heterocycles. The van der Waals surface area contributed by atoms with E-state index in [1.165, 1.54) is 101 Å². The normalized spacial score (nSPS) is 14.7. The lowest BCUT2D eigenvalue weighted by molar-refractivity contribution is 0.103. The van der Waals surface area contributed by atoms with E-state index in [1.807, 2.05) is 59.1 Å². The Hall–Kier alpha value is -10.6.